The third-order valence-corrected chi connectivity index (χ3v) is 3.45. The fraction of sp³-hybridized carbons (Fsp3) is 0.0833. The molecule has 2 nitrogen and oxygen atoms in total. The molecule has 0 atom stereocenters. The van der Waals surface area contributed by atoms with Gasteiger partial charge in [0.15, 0.2) is 5.78 Å². The summed E-state index contributed by atoms with van der Waals surface area (Å²) in [5.74, 6) is 0.101. The van der Waals surface area contributed by atoms with Crippen molar-refractivity contribution in [3.63, 3.8) is 0 Å². The predicted octanol–water partition coefficient (Wildman–Crippen LogP) is 3.28. The van der Waals surface area contributed by atoms with Gasteiger partial charge in [0, 0.05) is 11.8 Å². The average Bonchev–Trinajstić information content (AvgIpc) is 2.59. The minimum absolute atomic E-state index is 0. The monoisotopic (exact) mass is 219 g/mol. The molecule has 0 spiro atoms. The van der Waals surface area contributed by atoms with Crippen molar-refractivity contribution in [1.29, 1.82) is 0 Å². The first-order valence-corrected chi connectivity index (χ1v) is 5.39. The molecular formula is C12H13NOS. The normalized spacial score (nSPS) is 10.5. The molecule has 1 aromatic heterocycles. The average molecular weight is 219 g/mol. The Bertz CT molecular complexity index is 547. The zero-order valence-corrected chi connectivity index (χ0v) is 9.23. The third kappa shape index (κ3) is 1.78. The lowest BCUT2D eigenvalue weighted by atomic mass is 10.1. The first kappa shape index (κ1) is 9.93. The van der Waals surface area contributed by atoms with Gasteiger partial charge >= 0.3 is 0 Å². The highest BCUT2D eigenvalue weighted by Crippen LogP contribution is 2.27. The van der Waals surface area contributed by atoms with Crippen molar-refractivity contribution in [1.82, 2.24) is 0 Å². The molecule has 3 heteroatoms. The minimum Gasteiger partial charge on any atom is -0.399 e. The number of Topliss-reactive ketones (excluding diaryl/α,β-unsaturated/α-hetero) is 1. The van der Waals surface area contributed by atoms with Gasteiger partial charge in [-0.25, -0.2) is 0 Å². The Labute approximate surface area is 93.5 Å². The van der Waals surface area contributed by atoms with Crippen LogP contribution in [0.4, 0.5) is 0 Å². The number of hydrogen-bond donors (Lipinski definition) is 1. The molecule has 0 aliphatic heterocycles. The largest absolute Gasteiger partial charge is 0.399 e. The molecule has 0 radical (unpaired) electrons. The molecule has 0 aliphatic carbocycles. The van der Waals surface area contributed by atoms with Crippen molar-refractivity contribution in [3.05, 3.63) is 41.3 Å². The molecule has 1 aromatic carbocycles. The van der Waals surface area contributed by atoms with Gasteiger partial charge in [-0.05, 0) is 36.1 Å². The van der Waals surface area contributed by atoms with Crippen LogP contribution in [0.1, 0.15) is 23.6 Å². The standard InChI is InChI=1S/C12H11NOS.H2/c1-7(13)9-3-4-11-10(5-9)6-12(15-11)8(2)14;/h3-6H,1,13H2,2H3;1H. The number of benzene rings is 1. The SMILES string of the molecule is C=C(N)c1ccc2sc(C(C)=O)cc2c1.[HH]. The van der Waals surface area contributed by atoms with E-state index in [4.69, 9.17) is 5.73 Å². The number of ketones is 1. The lowest BCUT2D eigenvalue weighted by Crippen LogP contribution is -1.92. The van der Waals surface area contributed by atoms with E-state index in [1.165, 1.54) is 11.3 Å². The Kier molecular flexibility index (Phi) is 2.32. The number of thiophene rings is 1. The van der Waals surface area contributed by atoms with E-state index < -0.39 is 0 Å². The molecule has 78 valence electrons. The summed E-state index contributed by atoms with van der Waals surface area (Å²) < 4.78 is 1.10. The van der Waals surface area contributed by atoms with Crippen molar-refractivity contribution in [3.8, 4) is 0 Å². The van der Waals surface area contributed by atoms with Gasteiger partial charge in [-0.15, -0.1) is 11.3 Å². The highest BCUT2D eigenvalue weighted by Gasteiger charge is 2.06. The van der Waals surface area contributed by atoms with Crippen molar-refractivity contribution >= 4 is 32.9 Å². The highest BCUT2D eigenvalue weighted by atomic mass is 32.1. The van der Waals surface area contributed by atoms with E-state index in [9.17, 15) is 4.79 Å². The first-order chi connectivity index (χ1) is 7.08. The van der Waals surface area contributed by atoms with Crippen LogP contribution in [0.25, 0.3) is 15.8 Å². The molecule has 2 N–H and O–H groups in total. The third-order valence-electron chi connectivity index (χ3n) is 2.23. The number of nitrogens with two attached hydrogens (primary N) is 1. The number of rotatable bonds is 2. The van der Waals surface area contributed by atoms with Crippen molar-refractivity contribution in [2.24, 2.45) is 5.73 Å². The van der Waals surface area contributed by atoms with E-state index in [0.717, 1.165) is 20.5 Å². The van der Waals surface area contributed by atoms with E-state index in [2.05, 4.69) is 6.58 Å². The second kappa shape index (κ2) is 3.51. The number of hydrogen-bond acceptors (Lipinski definition) is 3. The summed E-state index contributed by atoms with van der Waals surface area (Å²) in [6.07, 6.45) is 0. The van der Waals surface area contributed by atoms with Gasteiger partial charge in [0.2, 0.25) is 0 Å². The molecular weight excluding hydrogens is 206 g/mol. The molecule has 0 amide bonds. The maximum atomic E-state index is 11.2. The lowest BCUT2D eigenvalue weighted by Gasteiger charge is -1.98. The number of fused-ring (bicyclic) bond motifs is 1. The summed E-state index contributed by atoms with van der Waals surface area (Å²) in [7, 11) is 0. The molecule has 15 heavy (non-hydrogen) atoms. The van der Waals surface area contributed by atoms with Crippen LogP contribution in [0.3, 0.4) is 0 Å². The molecule has 0 bridgehead atoms. The van der Waals surface area contributed by atoms with Gasteiger partial charge in [-0.1, -0.05) is 12.6 Å². The fourth-order valence-electron chi connectivity index (χ4n) is 1.42. The van der Waals surface area contributed by atoms with E-state index in [0.29, 0.717) is 5.70 Å². The summed E-state index contributed by atoms with van der Waals surface area (Å²) in [6.45, 7) is 5.27. The Balaban J connectivity index is 0.00000128. The van der Waals surface area contributed by atoms with Crippen molar-refractivity contribution in [2.75, 3.05) is 0 Å². The van der Waals surface area contributed by atoms with Gasteiger partial charge in [0.1, 0.15) is 0 Å². The Morgan fingerprint density at radius 3 is 2.80 bits per heavy atom. The van der Waals surface area contributed by atoms with Gasteiger partial charge in [0.05, 0.1) is 4.88 Å². The summed E-state index contributed by atoms with van der Waals surface area (Å²) in [5.41, 5.74) is 7.07. The van der Waals surface area contributed by atoms with Gasteiger partial charge < -0.3 is 5.73 Å². The highest BCUT2D eigenvalue weighted by molar-refractivity contribution is 7.20. The van der Waals surface area contributed by atoms with Gasteiger partial charge in [-0.2, -0.15) is 0 Å². The van der Waals surface area contributed by atoms with Crippen LogP contribution in [0.15, 0.2) is 30.8 Å². The molecule has 0 saturated carbocycles. The second-order valence-electron chi connectivity index (χ2n) is 3.44. The van der Waals surface area contributed by atoms with Gasteiger partial charge in [0.25, 0.3) is 0 Å². The topological polar surface area (TPSA) is 43.1 Å². The Morgan fingerprint density at radius 2 is 2.20 bits per heavy atom. The minimum atomic E-state index is 0. The van der Waals surface area contributed by atoms with Crippen LogP contribution >= 0.6 is 11.3 Å². The predicted molar refractivity (Wildman–Crippen MR) is 67.2 cm³/mol. The number of carbonyl (C=O) groups excluding carboxylic acids is 1. The zero-order valence-electron chi connectivity index (χ0n) is 8.41. The summed E-state index contributed by atoms with van der Waals surface area (Å²) in [5, 5.41) is 1.05. The molecule has 1 heterocycles. The van der Waals surface area contributed by atoms with Crippen molar-refractivity contribution < 1.29 is 6.22 Å². The summed E-state index contributed by atoms with van der Waals surface area (Å²) >= 11 is 1.51. The molecule has 0 saturated heterocycles. The Hall–Kier alpha value is -1.61. The molecule has 0 aliphatic rings. The maximum Gasteiger partial charge on any atom is 0.169 e. The molecule has 0 fully saturated rings. The van der Waals surface area contributed by atoms with Gasteiger partial charge in [-0.3, -0.25) is 4.79 Å². The Morgan fingerprint density at radius 1 is 1.47 bits per heavy atom. The summed E-state index contributed by atoms with van der Waals surface area (Å²) in [6, 6.07) is 7.75. The smallest absolute Gasteiger partial charge is 0.169 e. The molecule has 2 rings (SSSR count). The summed E-state index contributed by atoms with van der Waals surface area (Å²) in [4.78, 5) is 12.0. The maximum absolute atomic E-state index is 11.2. The van der Waals surface area contributed by atoms with Crippen LogP contribution in [-0.2, 0) is 0 Å². The van der Waals surface area contributed by atoms with E-state index in [1.54, 1.807) is 6.92 Å². The lowest BCUT2D eigenvalue weighted by molar-refractivity contribution is 0.102. The van der Waals surface area contributed by atoms with E-state index in [1.807, 2.05) is 24.3 Å². The van der Waals surface area contributed by atoms with Crippen LogP contribution in [0.5, 0.6) is 0 Å². The van der Waals surface area contributed by atoms with E-state index in [-0.39, 0.29) is 7.21 Å². The molecule has 0 unspecified atom stereocenters. The zero-order chi connectivity index (χ0) is 11.0. The van der Waals surface area contributed by atoms with Crippen molar-refractivity contribution in [2.45, 2.75) is 6.92 Å². The quantitative estimate of drug-likeness (QED) is 0.788. The second-order valence-corrected chi connectivity index (χ2v) is 4.53. The van der Waals surface area contributed by atoms with E-state index >= 15 is 0 Å². The number of carbonyl (C=O) groups is 1. The van der Waals surface area contributed by atoms with Crippen LogP contribution in [0.2, 0.25) is 0 Å². The fourth-order valence-corrected chi connectivity index (χ4v) is 2.35. The molecule has 2 aromatic rings. The van der Waals surface area contributed by atoms with Crippen LogP contribution < -0.4 is 5.73 Å². The van der Waals surface area contributed by atoms with Crippen LogP contribution in [0, 0.1) is 0 Å². The van der Waals surface area contributed by atoms with Crippen LogP contribution in [-0.4, -0.2) is 5.78 Å². The first-order valence-electron chi connectivity index (χ1n) is 4.57.